The highest BCUT2D eigenvalue weighted by atomic mass is 15.4. The third-order valence-electron chi connectivity index (χ3n) is 5.40. The Kier molecular flexibility index (Phi) is 5.11. The van der Waals surface area contributed by atoms with Gasteiger partial charge >= 0.3 is 0 Å². The summed E-state index contributed by atoms with van der Waals surface area (Å²) in [6.45, 7) is 2.74. The maximum atomic E-state index is 4.96. The molecule has 2 aromatic heterocycles. The van der Waals surface area contributed by atoms with E-state index in [-0.39, 0.29) is 0 Å². The molecule has 0 aliphatic rings. The van der Waals surface area contributed by atoms with E-state index >= 15 is 0 Å². The van der Waals surface area contributed by atoms with Crippen LogP contribution >= 0.6 is 0 Å². The second-order valence-electron chi connectivity index (χ2n) is 7.53. The molecule has 0 saturated heterocycles. The SMILES string of the molecule is Cc1c(-c2cc(-c3ccccc3)cc(-c3ccccc3)n2)nnn1Cc1ccccc1. The van der Waals surface area contributed by atoms with E-state index in [1.165, 1.54) is 5.56 Å². The fourth-order valence-corrected chi connectivity index (χ4v) is 3.71. The van der Waals surface area contributed by atoms with Crippen molar-refractivity contribution in [1.29, 1.82) is 0 Å². The molecular formula is C27H22N4. The lowest BCUT2D eigenvalue weighted by Crippen LogP contribution is -2.04. The van der Waals surface area contributed by atoms with Gasteiger partial charge in [0.15, 0.2) is 0 Å². The van der Waals surface area contributed by atoms with E-state index < -0.39 is 0 Å². The summed E-state index contributed by atoms with van der Waals surface area (Å²) in [5.41, 5.74) is 8.10. The van der Waals surface area contributed by atoms with Crippen molar-refractivity contribution in [2.24, 2.45) is 0 Å². The molecule has 0 radical (unpaired) electrons. The van der Waals surface area contributed by atoms with Crippen molar-refractivity contribution >= 4 is 0 Å². The Balaban J connectivity index is 1.60. The number of hydrogen-bond donors (Lipinski definition) is 0. The van der Waals surface area contributed by atoms with Gasteiger partial charge in [-0.25, -0.2) is 9.67 Å². The van der Waals surface area contributed by atoms with Crippen LogP contribution in [-0.4, -0.2) is 20.0 Å². The first-order valence-corrected chi connectivity index (χ1v) is 10.4. The van der Waals surface area contributed by atoms with E-state index in [4.69, 9.17) is 4.98 Å². The van der Waals surface area contributed by atoms with Crippen LogP contribution in [-0.2, 0) is 6.54 Å². The lowest BCUT2D eigenvalue weighted by molar-refractivity contribution is 0.633. The van der Waals surface area contributed by atoms with Gasteiger partial charge in [0.05, 0.1) is 23.6 Å². The molecule has 150 valence electrons. The Labute approximate surface area is 181 Å². The summed E-state index contributed by atoms with van der Waals surface area (Å²) in [7, 11) is 0. The average molecular weight is 403 g/mol. The maximum Gasteiger partial charge on any atom is 0.134 e. The van der Waals surface area contributed by atoms with Crippen LogP contribution in [0.3, 0.4) is 0 Å². The second kappa shape index (κ2) is 8.36. The first-order chi connectivity index (χ1) is 15.3. The van der Waals surface area contributed by atoms with Crippen molar-refractivity contribution in [3.63, 3.8) is 0 Å². The molecule has 3 aromatic carbocycles. The predicted octanol–water partition coefficient (Wildman–Crippen LogP) is 6.03. The fraction of sp³-hybridized carbons (Fsp3) is 0.0741. The molecule has 4 heteroatoms. The van der Waals surface area contributed by atoms with Gasteiger partial charge < -0.3 is 0 Å². The van der Waals surface area contributed by atoms with E-state index in [0.717, 1.165) is 39.5 Å². The number of rotatable bonds is 5. The van der Waals surface area contributed by atoms with Crippen molar-refractivity contribution in [2.75, 3.05) is 0 Å². The van der Waals surface area contributed by atoms with Crippen molar-refractivity contribution in [1.82, 2.24) is 20.0 Å². The molecular weight excluding hydrogens is 380 g/mol. The highest BCUT2D eigenvalue weighted by Crippen LogP contribution is 2.30. The first kappa shape index (κ1) is 18.9. The van der Waals surface area contributed by atoms with Gasteiger partial charge in [-0.05, 0) is 35.7 Å². The monoisotopic (exact) mass is 402 g/mol. The van der Waals surface area contributed by atoms with Gasteiger partial charge in [-0.1, -0.05) is 96.2 Å². The van der Waals surface area contributed by atoms with Crippen molar-refractivity contribution in [3.05, 3.63) is 114 Å². The van der Waals surface area contributed by atoms with Crippen molar-refractivity contribution < 1.29 is 0 Å². The maximum absolute atomic E-state index is 4.96. The van der Waals surface area contributed by atoms with Crippen LogP contribution in [0.1, 0.15) is 11.3 Å². The lowest BCUT2D eigenvalue weighted by atomic mass is 10.0. The molecule has 0 aliphatic carbocycles. The van der Waals surface area contributed by atoms with Gasteiger partial charge in [-0.3, -0.25) is 0 Å². The third-order valence-corrected chi connectivity index (χ3v) is 5.40. The van der Waals surface area contributed by atoms with E-state index in [0.29, 0.717) is 6.54 Å². The smallest absolute Gasteiger partial charge is 0.134 e. The van der Waals surface area contributed by atoms with E-state index in [9.17, 15) is 0 Å². The number of hydrogen-bond acceptors (Lipinski definition) is 3. The lowest BCUT2D eigenvalue weighted by Gasteiger charge is -2.09. The molecule has 0 spiro atoms. The zero-order chi connectivity index (χ0) is 21.0. The summed E-state index contributed by atoms with van der Waals surface area (Å²) in [4.78, 5) is 4.96. The van der Waals surface area contributed by atoms with Gasteiger partial charge in [0.2, 0.25) is 0 Å². The standard InChI is InChI=1S/C27H22N4/c1-20-27(29-30-31(20)19-21-11-5-2-6-12-21)26-18-24(22-13-7-3-8-14-22)17-25(28-26)23-15-9-4-10-16-23/h2-18H,19H2,1H3. The predicted molar refractivity (Wildman–Crippen MR) is 124 cm³/mol. The van der Waals surface area contributed by atoms with Gasteiger partial charge in [-0.2, -0.15) is 0 Å². The molecule has 0 atom stereocenters. The summed E-state index contributed by atoms with van der Waals surface area (Å²) >= 11 is 0. The first-order valence-electron chi connectivity index (χ1n) is 10.4. The van der Waals surface area contributed by atoms with E-state index in [1.54, 1.807) is 0 Å². The van der Waals surface area contributed by atoms with E-state index in [2.05, 4.69) is 77.9 Å². The van der Waals surface area contributed by atoms with Crippen LogP contribution in [0.5, 0.6) is 0 Å². The molecule has 4 nitrogen and oxygen atoms in total. The molecule has 0 unspecified atom stereocenters. The summed E-state index contributed by atoms with van der Waals surface area (Å²) < 4.78 is 1.93. The van der Waals surface area contributed by atoms with Crippen LogP contribution < -0.4 is 0 Å². The van der Waals surface area contributed by atoms with Crippen LogP contribution in [0.4, 0.5) is 0 Å². The largest absolute Gasteiger partial charge is 0.246 e. The summed E-state index contributed by atoms with van der Waals surface area (Å²) in [5, 5.41) is 8.92. The van der Waals surface area contributed by atoms with Crippen molar-refractivity contribution in [2.45, 2.75) is 13.5 Å². The third kappa shape index (κ3) is 4.01. The van der Waals surface area contributed by atoms with Crippen LogP contribution in [0.2, 0.25) is 0 Å². The Morgan fingerprint density at radius 3 is 1.90 bits per heavy atom. The quantitative estimate of drug-likeness (QED) is 0.360. The minimum Gasteiger partial charge on any atom is -0.246 e. The molecule has 31 heavy (non-hydrogen) atoms. The Morgan fingerprint density at radius 2 is 1.23 bits per heavy atom. The molecule has 0 amide bonds. The Morgan fingerprint density at radius 1 is 0.645 bits per heavy atom. The number of pyridine rings is 1. The minimum atomic E-state index is 0.684. The van der Waals surface area contributed by atoms with Crippen LogP contribution in [0, 0.1) is 6.92 Å². The fourth-order valence-electron chi connectivity index (χ4n) is 3.71. The Hall–Kier alpha value is -4.05. The zero-order valence-electron chi connectivity index (χ0n) is 17.3. The highest BCUT2D eigenvalue weighted by molar-refractivity contribution is 5.76. The Bertz CT molecular complexity index is 1240. The average Bonchev–Trinajstić information content (AvgIpc) is 3.20. The van der Waals surface area contributed by atoms with Crippen LogP contribution in [0.25, 0.3) is 33.8 Å². The minimum absolute atomic E-state index is 0.684. The highest BCUT2D eigenvalue weighted by Gasteiger charge is 2.15. The van der Waals surface area contributed by atoms with Crippen LogP contribution in [0.15, 0.2) is 103 Å². The van der Waals surface area contributed by atoms with Gasteiger partial charge in [0.25, 0.3) is 0 Å². The molecule has 0 saturated carbocycles. The second-order valence-corrected chi connectivity index (χ2v) is 7.53. The summed E-state index contributed by atoms with van der Waals surface area (Å²) in [6, 6.07) is 35.2. The normalized spacial score (nSPS) is 10.9. The van der Waals surface area contributed by atoms with E-state index in [1.807, 2.05) is 47.1 Å². The number of nitrogens with zero attached hydrogens (tertiary/aromatic N) is 4. The molecule has 0 fully saturated rings. The van der Waals surface area contributed by atoms with Gasteiger partial charge in [0.1, 0.15) is 5.69 Å². The van der Waals surface area contributed by atoms with Gasteiger partial charge in [-0.15, -0.1) is 5.10 Å². The number of benzene rings is 3. The van der Waals surface area contributed by atoms with Crippen molar-refractivity contribution in [3.8, 4) is 33.8 Å². The zero-order valence-corrected chi connectivity index (χ0v) is 17.3. The molecule has 5 aromatic rings. The summed E-state index contributed by atoms with van der Waals surface area (Å²) in [6.07, 6.45) is 0. The molecule has 0 N–H and O–H groups in total. The molecule has 5 rings (SSSR count). The molecule has 0 bridgehead atoms. The molecule has 2 heterocycles. The topological polar surface area (TPSA) is 43.6 Å². The summed E-state index contributed by atoms with van der Waals surface area (Å²) in [5.74, 6) is 0. The molecule has 0 aliphatic heterocycles. The van der Waals surface area contributed by atoms with Gasteiger partial charge in [0, 0.05) is 5.56 Å². The number of aromatic nitrogens is 4.